The summed E-state index contributed by atoms with van der Waals surface area (Å²) in [7, 11) is 0. The third-order valence-corrected chi connectivity index (χ3v) is 1.68. The van der Waals surface area contributed by atoms with E-state index in [-0.39, 0.29) is 6.61 Å². The van der Waals surface area contributed by atoms with E-state index >= 15 is 0 Å². The Balaban J connectivity index is 4.07. The zero-order valence-corrected chi connectivity index (χ0v) is 7.46. The van der Waals surface area contributed by atoms with Crippen LogP contribution in [0.2, 0.25) is 0 Å². The van der Waals surface area contributed by atoms with Gasteiger partial charge in [-0.25, -0.2) is 0 Å². The molecule has 0 spiro atoms. The number of hydrogen-bond donors (Lipinski definition) is 1. The molecule has 0 aromatic heterocycles. The first-order chi connectivity index (χ1) is 5.35. The Labute approximate surface area is 71.9 Å². The fourth-order valence-corrected chi connectivity index (χ4v) is 0.690. The Kier molecular flexibility index (Phi) is 6.73. The Bertz CT molecular complexity index is 238. The summed E-state index contributed by atoms with van der Waals surface area (Å²) in [4.78, 5) is 0.857. The van der Waals surface area contributed by atoms with Crippen LogP contribution in [-0.2, 0) is 0 Å². The molecule has 0 saturated heterocycles. The second-order valence-corrected chi connectivity index (χ2v) is 2.55. The highest BCUT2D eigenvalue weighted by Gasteiger charge is 1.86. The van der Waals surface area contributed by atoms with E-state index in [1.165, 1.54) is 11.8 Å². The van der Waals surface area contributed by atoms with E-state index in [4.69, 9.17) is 5.11 Å². The maximum absolute atomic E-state index is 8.69. The van der Waals surface area contributed by atoms with Crippen molar-refractivity contribution in [2.75, 3.05) is 12.9 Å². The normalized spacial score (nSPS) is 9.18. The van der Waals surface area contributed by atoms with Gasteiger partial charge in [-0.05, 0) is 25.0 Å². The van der Waals surface area contributed by atoms with Crippen LogP contribution in [0.1, 0.15) is 6.92 Å². The molecule has 0 aliphatic carbocycles. The number of thioether (sulfide) groups is 1. The lowest BCUT2D eigenvalue weighted by Crippen LogP contribution is -1.81. The van der Waals surface area contributed by atoms with E-state index in [9.17, 15) is 0 Å². The average molecular weight is 166 g/mol. The third kappa shape index (κ3) is 5.61. The molecular weight excluding hydrogens is 156 g/mol. The number of rotatable bonds is 2. The van der Waals surface area contributed by atoms with Crippen molar-refractivity contribution >= 4 is 11.8 Å². The van der Waals surface area contributed by atoms with Gasteiger partial charge in [-0.3, -0.25) is 0 Å². The molecule has 0 rings (SSSR count). The van der Waals surface area contributed by atoms with Gasteiger partial charge in [0.1, 0.15) is 0 Å². The van der Waals surface area contributed by atoms with Gasteiger partial charge in [0.2, 0.25) is 0 Å². The van der Waals surface area contributed by atoms with E-state index in [0.29, 0.717) is 0 Å². The fraction of sp³-hybridized carbons (Fsp3) is 0.333. The van der Waals surface area contributed by atoms with E-state index in [2.05, 4.69) is 23.7 Å². The Morgan fingerprint density at radius 1 is 1.55 bits per heavy atom. The fourth-order valence-electron chi connectivity index (χ4n) is 0.384. The van der Waals surface area contributed by atoms with Crippen LogP contribution in [-0.4, -0.2) is 18.0 Å². The third-order valence-electron chi connectivity index (χ3n) is 0.911. The van der Waals surface area contributed by atoms with Gasteiger partial charge in [0, 0.05) is 11.0 Å². The molecule has 0 aromatic rings. The van der Waals surface area contributed by atoms with Gasteiger partial charge in [0.15, 0.2) is 0 Å². The highest BCUT2D eigenvalue weighted by atomic mass is 32.2. The first-order valence-corrected chi connectivity index (χ1v) is 4.33. The van der Waals surface area contributed by atoms with E-state index < -0.39 is 0 Å². The SMILES string of the molecule is CC#CC#C/C=C(/CO)SC. The minimum absolute atomic E-state index is 0.0510. The largest absolute Gasteiger partial charge is 0.391 e. The molecule has 11 heavy (non-hydrogen) atoms. The topological polar surface area (TPSA) is 20.2 Å². The van der Waals surface area contributed by atoms with Crippen LogP contribution in [0.5, 0.6) is 0 Å². The minimum atomic E-state index is 0.0510. The molecule has 1 N–H and O–H groups in total. The first kappa shape index (κ1) is 10.2. The van der Waals surface area contributed by atoms with Crippen molar-refractivity contribution in [2.45, 2.75) is 6.92 Å². The van der Waals surface area contributed by atoms with Crippen LogP contribution in [0, 0.1) is 23.7 Å². The molecule has 0 bridgehead atoms. The van der Waals surface area contributed by atoms with Crippen molar-refractivity contribution in [2.24, 2.45) is 0 Å². The summed E-state index contributed by atoms with van der Waals surface area (Å²) in [5.74, 6) is 10.6. The Hall–Kier alpha value is -0.830. The lowest BCUT2D eigenvalue weighted by Gasteiger charge is -1.91. The monoisotopic (exact) mass is 166 g/mol. The van der Waals surface area contributed by atoms with Crippen LogP contribution in [0.3, 0.4) is 0 Å². The molecular formula is C9H10OS. The molecule has 0 aromatic carbocycles. The van der Waals surface area contributed by atoms with Crippen LogP contribution in [0.25, 0.3) is 0 Å². The van der Waals surface area contributed by atoms with Crippen LogP contribution < -0.4 is 0 Å². The molecule has 0 atom stereocenters. The summed E-state index contributed by atoms with van der Waals surface area (Å²) < 4.78 is 0. The lowest BCUT2D eigenvalue weighted by atomic mass is 10.5. The maximum Gasteiger partial charge on any atom is 0.0746 e. The highest BCUT2D eigenvalue weighted by Crippen LogP contribution is 2.08. The quantitative estimate of drug-likeness (QED) is 0.623. The first-order valence-electron chi connectivity index (χ1n) is 3.11. The Morgan fingerprint density at radius 2 is 2.27 bits per heavy atom. The molecule has 0 radical (unpaired) electrons. The number of hydrogen-bond acceptors (Lipinski definition) is 2. The maximum atomic E-state index is 8.69. The summed E-state index contributed by atoms with van der Waals surface area (Å²) in [5.41, 5.74) is 0. The van der Waals surface area contributed by atoms with Crippen molar-refractivity contribution in [3.05, 3.63) is 11.0 Å². The Morgan fingerprint density at radius 3 is 2.73 bits per heavy atom. The highest BCUT2D eigenvalue weighted by molar-refractivity contribution is 8.02. The molecule has 0 aliphatic heterocycles. The van der Waals surface area contributed by atoms with E-state index in [0.717, 1.165) is 4.91 Å². The second kappa shape index (κ2) is 7.28. The molecule has 0 fully saturated rings. The molecule has 1 nitrogen and oxygen atoms in total. The van der Waals surface area contributed by atoms with Crippen molar-refractivity contribution in [3.8, 4) is 23.7 Å². The summed E-state index contributed by atoms with van der Waals surface area (Å²) in [5, 5.41) is 8.69. The molecule has 0 aliphatic rings. The number of aliphatic hydroxyl groups is 1. The van der Waals surface area contributed by atoms with Gasteiger partial charge in [-0.15, -0.1) is 11.8 Å². The van der Waals surface area contributed by atoms with E-state index in [1.807, 2.05) is 6.26 Å². The lowest BCUT2D eigenvalue weighted by molar-refractivity contribution is 0.339. The minimum Gasteiger partial charge on any atom is -0.391 e. The summed E-state index contributed by atoms with van der Waals surface area (Å²) >= 11 is 1.49. The number of allylic oxidation sites excluding steroid dienone is 1. The van der Waals surface area contributed by atoms with Crippen LogP contribution in [0.15, 0.2) is 11.0 Å². The van der Waals surface area contributed by atoms with Crippen molar-refractivity contribution in [3.63, 3.8) is 0 Å². The summed E-state index contributed by atoms with van der Waals surface area (Å²) in [6.07, 6.45) is 3.57. The van der Waals surface area contributed by atoms with Gasteiger partial charge in [0.05, 0.1) is 6.61 Å². The molecule has 0 unspecified atom stereocenters. The average Bonchev–Trinajstić information content (AvgIpc) is 2.05. The van der Waals surface area contributed by atoms with Gasteiger partial charge in [-0.2, -0.15) is 0 Å². The zero-order valence-electron chi connectivity index (χ0n) is 6.64. The van der Waals surface area contributed by atoms with Gasteiger partial charge in [-0.1, -0.05) is 11.8 Å². The zero-order chi connectivity index (χ0) is 8.53. The number of aliphatic hydroxyl groups excluding tert-OH is 1. The van der Waals surface area contributed by atoms with Crippen LogP contribution >= 0.6 is 11.8 Å². The van der Waals surface area contributed by atoms with Gasteiger partial charge in [0.25, 0.3) is 0 Å². The summed E-state index contributed by atoms with van der Waals surface area (Å²) in [6, 6.07) is 0. The predicted molar refractivity (Wildman–Crippen MR) is 49.9 cm³/mol. The smallest absolute Gasteiger partial charge is 0.0746 e. The van der Waals surface area contributed by atoms with Crippen molar-refractivity contribution in [1.82, 2.24) is 0 Å². The van der Waals surface area contributed by atoms with Crippen LogP contribution in [0.4, 0.5) is 0 Å². The molecule has 0 amide bonds. The molecule has 2 heteroatoms. The van der Waals surface area contributed by atoms with Crippen molar-refractivity contribution < 1.29 is 5.11 Å². The van der Waals surface area contributed by atoms with Gasteiger partial charge >= 0.3 is 0 Å². The van der Waals surface area contributed by atoms with Crippen molar-refractivity contribution in [1.29, 1.82) is 0 Å². The predicted octanol–water partition coefficient (Wildman–Crippen LogP) is 1.25. The summed E-state index contributed by atoms with van der Waals surface area (Å²) in [6.45, 7) is 1.79. The standard InChI is InChI=1S/C9H10OS/c1-3-4-5-6-7-9(8-10)11-2/h7,10H,8H2,1-2H3/b9-7-. The molecule has 0 saturated carbocycles. The van der Waals surface area contributed by atoms with E-state index in [1.54, 1.807) is 13.0 Å². The second-order valence-electron chi connectivity index (χ2n) is 1.62. The molecule has 0 heterocycles. The molecule has 58 valence electrons. The van der Waals surface area contributed by atoms with Gasteiger partial charge < -0.3 is 5.11 Å².